The number of aliphatic hydroxyl groups excluding tert-OH is 1. The summed E-state index contributed by atoms with van der Waals surface area (Å²) in [4.78, 5) is 12.2. The Kier molecular flexibility index (Phi) is 5.47. The van der Waals surface area contributed by atoms with Crippen LogP contribution < -0.4 is 9.64 Å². The highest BCUT2D eigenvalue weighted by atomic mass is 16.5. The number of piperidine rings is 1. The van der Waals surface area contributed by atoms with Crippen LogP contribution in [0.5, 0.6) is 5.75 Å². The van der Waals surface area contributed by atoms with Gasteiger partial charge < -0.3 is 24.5 Å². The number of hydrogen-bond donors (Lipinski definition) is 1. The number of hydrogen-bond acceptors (Lipinski definition) is 6. The third-order valence-electron chi connectivity index (χ3n) is 7.85. The molecule has 6 rings (SSSR count). The quantitative estimate of drug-likeness (QED) is 0.713. The molecule has 3 aliphatic heterocycles. The fourth-order valence-electron chi connectivity index (χ4n) is 5.94. The zero-order valence-electron chi connectivity index (χ0n) is 20.0. The first-order valence-corrected chi connectivity index (χ1v) is 12.4. The predicted molar refractivity (Wildman–Crippen MR) is 135 cm³/mol. The summed E-state index contributed by atoms with van der Waals surface area (Å²) in [6, 6.07) is 8.44. The summed E-state index contributed by atoms with van der Waals surface area (Å²) in [5.41, 5.74) is 11.7. The third kappa shape index (κ3) is 3.93. The van der Waals surface area contributed by atoms with E-state index in [9.17, 15) is 5.11 Å². The number of fused-ring (bicyclic) bond motifs is 2. The van der Waals surface area contributed by atoms with Crippen LogP contribution >= 0.6 is 0 Å². The van der Waals surface area contributed by atoms with Crippen molar-refractivity contribution in [3.63, 3.8) is 0 Å². The van der Waals surface area contributed by atoms with E-state index in [4.69, 9.17) is 9.72 Å². The van der Waals surface area contributed by atoms with Gasteiger partial charge >= 0.3 is 0 Å². The molecule has 176 valence electrons. The molecule has 3 atom stereocenters. The highest BCUT2D eigenvalue weighted by molar-refractivity contribution is 5.95. The topological polar surface area (TPSA) is 52.1 Å². The van der Waals surface area contributed by atoms with Crippen LogP contribution in [0.15, 0.2) is 53.6 Å². The summed E-state index contributed by atoms with van der Waals surface area (Å²) in [5.74, 6) is 2.30. The average molecular weight is 457 g/mol. The van der Waals surface area contributed by atoms with Crippen molar-refractivity contribution in [2.75, 3.05) is 58.3 Å². The lowest BCUT2D eigenvalue weighted by molar-refractivity contribution is 0.178. The number of methoxy groups -OCH3 is 1. The number of rotatable bonds is 4. The lowest BCUT2D eigenvalue weighted by Gasteiger charge is -2.31. The van der Waals surface area contributed by atoms with E-state index in [2.05, 4.69) is 57.5 Å². The van der Waals surface area contributed by atoms with Gasteiger partial charge in [0.05, 0.1) is 35.7 Å². The van der Waals surface area contributed by atoms with E-state index in [1.165, 1.54) is 30.6 Å². The first-order chi connectivity index (χ1) is 16.6. The van der Waals surface area contributed by atoms with Crippen molar-refractivity contribution in [1.82, 2.24) is 14.8 Å². The number of β-amino-alcohol motifs (C(OH)–C–C–N with tert-alkyl or cyclic N) is 1. The Labute approximate surface area is 201 Å². The fourth-order valence-corrected chi connectivity index (χ4v) is 5.94. The number of aliphatic hydroxyl groups is 1. The van der Waals surface area contributed by atoms with Crippen molar-refractivity contribution >= 4 is 22.2 Å². The molecule has 6 nitrogen and oxygen atoms in total. The van der Waals surface area contributed by atoms with E-state index >= 15 is 0 Å². The molecule has 2 unspecified atom stereocenters. The van der Waals surface area contributed by atoms with Crippen molar-refractivity contribution in [3.05, 3.63) is 59.3 Å². The number of likely N-dealkylation sites (tertiary alicyclic amines) is 2. The van der Waals surface area contributed by atoms with Gasteiger partial charge in [0.25, 0.3) is 0 Å². The van der Waals surface area contributed by atoms with Crippen LogP contribution in [0.2, 0.25) is 0 Å². The predicted octanol–water partition coefficient (Wildman–Crippen LogP) is 3.29. The Bertz CT molecular complexity index is 1250. The van der Waals surface area contributed by atoms with Gasteiger partial charge in [-0.15, -0.1) is 0 Å². The number of aromatic nitrogens is 1. The molecule has 34 heavy (non-hydrogen) atoms. The van der Waals surface area contributed by atoms with Crippen molar-refractivity contribution in [2.45, 2.75) is 18.9 Å². The van der Waals surface area contributed by atoms with Crippen molar-refractivity contribution < 1.29 is 9.84 Å². The summed E-state index contributed by atoms with van der Waals surface area (Å²) >= 11 is 0. The maximum absolute atomic E-state index is 9.87. The van der Waals surface area contributed by atoms with Crippen LogP contribution in [-0.4, -0.2) is 79.4 Å². The second kappa shape index (κ2) is 8.65. The van der Waals surface area contributed by atoms with Crippen LogP contribution in [0.25, 0.3) is 16.5 Å². The first-order valence-electron chi connectivity index (χ1n) is 12.4. The summed E-state index contributed by atoms with van der Waals surface area (Å²) in [7, 11) is 3.94. The maximum Gasteiger partial charge on any atom is 0.121 e. The van der Waals surface area contributed by atoms with Gasteiger partial charge in [-0.2, -0.15) is 0 Å². The van der Waals surface area contributed by atoms with Crippen molar-refractivity contribution in [2.24, 2.45) is 11.8 Å². The fraction of sp³-hybridized carbons (Fsp3) is 0.464. The van der Waals surface area contributed by atoms with E-state index in [-0.39, 0.29) is 6.10 Å². The second-order valence-corrected chi connectivity index (χ2v) is 10.2. The van der Waals surface area contributed by atoms with E-state index in [0.29, 0.717) is 6.54 Å². The SMILES string of the molecule is COc1ccc2c(N3CC4CCN(C)CC4C3)cc(C3=C=C=C(N4CC[C@@H](O)C4)C=C3)nc2c1. The summed E-state index contributed by atoms with van der Waals surface area (Å²) in [5, 5.41) is 11.0. The maximum atomic E-state index is 9.87. The normalized spacial score (nSPS) is 26.7. The molecule has 0 bridgehead atoms. The minimum atomic E-state index is -0.253. The number of ether oxygens (including phenoxy) is 1. The number of pyridine rings is 1. The van der Waals surface area contributed by atoms with Crippen LogP contribution in [0.1, 0.15) is 18.5 Å². The van der Waals surface area contributed by atoms with Gasteiger partial charge in [-0.1, -0.05) is 5.73 Å². The van der Waals surface area contributed by atoms with E-state index in [1.54, 1.807) is 7.11 Å². The zero-order valence-corrected chi connectivity index (χ0v) is 20.0. The molecule has 0 saturated carbocycles. The molecular weight excluding hydrogens is 424 g/mol. The molecule has 2 aromatic rings. The molecule has 6 heteroatoms. The molecule has 1 aliphatic carbocycles. The molecule has 0 spiro atoms. The van der Waals surface area contributed by atoms with Gasteiger partial charge in [0.15, 0.2) is 0 Å². The van der Waals surface area contributed by atoms with Crippen LogP contribution in [0.3, 0.4) is 0 Å². The smallest absolute Gasteiger partial charge is 0.121 e. The van der Waals surface area contributed by atoms with Crippen molar-refractivity contribution in [3.8, 4) is 5.75 Å². The molecule has 1 aromatic heterocycles. The highest BCUT2D eigenvalue weighted by Crippen LogP contribution is 2.38. The Morgan fingerprint density at radius 3 is 2.62 bits per heavy atom. The molecular formula is C28H32N4O2. The lowest BCUT2D eigenvalue weighted by Crippen LogP contribution is -2.37. The van der Waals surface area contributed by atoms with Crippen LogP contribution in [0.4, 0.5) is 5.69 Å². The standard InChI is InChI=1S/C28H32N4O2/c1-30-11-9-20-16-32(17-21(20)15-30)28-14-26(29-27-13-24(34-2)7-8-25(27)28)19-3-5-22(6-4-19)31-12-10-23(33)18-31/h3,5,7-8,13-14,20-21,23,33H,9-12,15-18H2,1-2H3/t20?,21?,23-/m1/s1. The van der Waals surface area contributed by atoms with Gasteiger partial charge in [-0.25, -0.2) is 4.98 Å². The number of nitrogens with zero attached hydrogens (tertiary/aromatic N) is 4. The molecule has 4 aliphatic rings. The zero-order chi connectivity index (χ0) is 23.2. The summed E-state index contributed by atoms with van der Waals surface area (Å²) in [6.45, 7) is 6.09. The van der Waals surface area contributed by atoms with E-state index in [0.717, 1.165) is 66.1 Å². The van der Waals surface area contributed by atoms with Crippen LogP contribution in [-0.2, 0) is 0 Å². The van der Waals surface area contributed by atoms with Crippen LogP contribution in [0, 0.1) is 11.8 Å². The first kappa shape index (κ1) is 21.5. The highest BCUT2D eigenvalue weighted by Gasteiger charge is 2.36. The van der Waals surface area contributed by atoms with Crippen molar-refractivity contribution in [1.29, 1.82) is 0 Å². The number of benzene rings is 1. The Morgan fingerprint density at radius 1 is 0.971 bits per heavy atom. The number of allylic oxidation sites excluding steroid dienone is 3. The Morgan fingerprint density at radius 2 is 1.85 bits per heavy atom. The van der Waals surface area contributed by atoms with Gasteiger partial charge in [0.1, 0.15) is 5.75 Å². The van der Waals surface area contributed by atoms with Gasteiger partial charge in [0, 0.05) is 49.9 Å². The van der Waals surface area contributed by atoms with E-state index < -0.39 is 0 Å². The Hall–Kier alpha value is -3.01. The minimum Gasteiger partial charge on any atom is -0.497 e. The van der Waals surface area contributed by atoms with Gasteiger partial charge in [0.2, 0.25) is 0 Å². The third-order valence-corrected chi connectivity index (χ3v) is 7.85. The average Bonchev–Trinajstić information content (AvgIpc) is 3.49. The van der Waals surface area contributed by atoms with E-state index in [1.807, 2.05) is 12.1 Å². The molecule has 1 N–H and O–H groups in total. The minimum absolute atomic E-state index is 0.253. The monoisotopic (exact) mass is 456 g/mol. The largest absolute Gasteiger partial charge is 0.497 e. The molecule has 0 amide bonds. The summed E-state index contributed by atoms with van der Waals surface area (Å²) in [6.07, 6.45) is 5.98. The Balaban J connectivity index is 1.41. The molecule has 0 radical (unpaired) electrons. The molecule has 4 heterocycles. The molecule has 1 aromatic carbocycles. The molecule has 3 fully saturated rings. The second-order valence-electron chi connectivity index (χ2n) is 10.2. The molecule has 3 saturated heterocycles. The lowest BCUT2D eigenvalue weighted by atomic mass is 9.89. The van der Waals surface area contributed by atoms with Gasteiger partial charge in [-0.3, -0.25) is 0 Å². The van der Waals surface area contributed by atoms with Gasteiger partial charge in [-0.05, 0) is 74.4 Å². The number of anilines is 1. The summed E-state index contributed by atoms with van der Waals surface area (Å²) < 4.78 is 5.50.